The van der Waals surface area contributed by atoms with Crippen molar-refractivity contribution >= 4 is 34.5 Å². The highest BCUT2D eigenvalue weighted by Gasteiger charge is 2.28. The van der Waals surface area contributed by atoms with Gasteiger partial charge in [-0.15, -0.1) is 0 Å². The minimum Gasteiger partial charge on any atom is -0.366 e. The highest BCUT2D eigenvalue weighted by molar-refractivity contribution is 6.14. The summed E-state index contributed by atoms with van der Waals surface area (Å²) in [6.07, 6.45) is 0.115. The van der Waals surface area contributed by atoms with E-state index in [9.17, 15) is 14.9 Å². The summed E-state index contributed by atoms with van der Waals surface area (Å²) in [5.41, 5.74) is 1.52. The van der Waals surface area contributed by atoms with Crippen molar-refractivity contribution in [3.8, 4) is 0 Å². The molecule has 1 amide bonds. The number of aliphatic imine (C=N–C) groups is 1. The summed E-state index contributed by atoms with van der Waals surface area (Å²) in [6.45, 7) is 0. The number of carbonyl (C=O) groups excluding carboxylic acids is 1. The number of hydrogen-bond donors (Lipinski definition) is 0. The molecule has 0 aliphatic carbocycles. The van der Waals surface area contributed by atoms with Crippen LogP contribution < -0.4 is 4.90 Å². The largest absolute Gasteiger partial charge is 0.366 e. The number of rotatable bonds is 2. The number of nitrogens with zero attached hydrogens (tertiary/aromatic N) is 4. The second-order valence-electron chi connectivity index (χ2n) is 5.59. The van der Waals surface area contributed by atoms with Crippen LogP contribution >= 0.6 is 0 Å². The average molecular weight is 324 g/mol. The van der Waals surface area contributed by atoms with Crippen molar-refractivity contribution in [2.75, 3.05) is 19.0 Å². The van der Waals surface area contributed by atoms with Gasteiger partial charge in [-0.3, -0.25) is 19.8 Å². The maximum atomic E-state index is 12.8. The van der Waals surface area contributed by atoms with Crippen molar-refractivity contribution < 1.29 is 9.72 Å². The zero-order chi connectivity index (χ0) is 17.3. The predicted molar refractivity (Wildman–Crippen MR) is 92.1 cm³/mol. The summed E-state index contributed by atoms with van der Waals surface area (Å²) in [5, 5.41) is 11.1. The first-order valence-corrected chi connectivity index (χ1v) is 7.38. The number of para-hydroxylation sites is 1. The molecule has 1 aliphatic rings. The lowest BCUT2D eigenvalue weighted by Gasteiger charge is -2.22. The first-order valence-electron chi connectivity index (χ1n) is 7.38. The quantitative estimate of drug-likeness (QED) is 0.627. The third-order valence-electron chi connectivity index (χ3n) is 3.75. The molecule has 1 aliphatic heterocycles. The number of carbonyl (C=O) groups is 1. The molecule has 0 saturated carbocycles. The Morgan fingerprint density at radius 3 is 2.50 bits per heavy atom. The number of amides is 1. The molecule has 0 spiro atoms. The molecule has 3 rings (SSSR count). The van der Waals surface area contributed by atoms with Gasteiger partial charge < -0.3 is 4.90 Å². The Kier molecular flexibility index (Phi) is 3.99. The monoisotopic (exact) mass is 324 g/mol. The Morgan fingerprint density at radius 1 is 1.17 bits per heavy atom. The van der Waals surface area contributed by atoms with E-state index < -0.39 is 4.92 Å². The Bertz CT molecular complexity index is 831. The first-order chi connectivity index (χ1) is 11.5. The van der Waals surface area contributed by atoms with E-state index in [2.05, 4.69) is 4.99 Å². The van der Waals surface area contributed by atoms with Gasteiger partial charge in [0, 0.05) is 31.9 Å². The first kappa shape index (κ1) is 15.7. The molecule has 0 fully saturated rings. The van der Waals surface area contributed by atoms with Crippen LogP contribution in [-0.2, 0) is 4.79 Å². The molecular weight excluding hydrogens is 308 g/mol. The third kappa shape index (κ3) is 2.83. The van der Waals surface area contributed by atoms with Crippen molar-refractivity contribution in [3.05, 3.63) is 58.6 Å². The fraction of sp³-hybridized carbons (Fsp3) is 0.176. The van der Waals surface area contributed by atoms with Crippen LogP contribution in [0.2, 0.25) is 0 Å². The van der Waals surface area contributed by atoms with E-state index in [0.717, 1.165) is 0 Å². The fourth-order valence-corrected chi connectivity index (χ4v) is 2.54. The molecule has 7 heteroatoms. The minimum absolute atomic E-state index is 0.0778. The van der Waals surface area contributed by atoms with E-state index >= 15 is 0 Å². The van der Waals surface area contributed by atoms with E-state index in [-0.39, 0.29) is 18.0 Å². The number of hydrogen-bond acceptors (Lipinski definition) is 5. The predicted octanol–water partition coefficient (Wildman–Crippen LogP) is 3.25. The van der Waals surface area contributed by atoms with E-state index in [1.54, 1.807) is 23.1 Å². The van der Waals surface area contributed by atoms with Crippen LogP contribution in [-0.4, -0.2) is 35.7 Å². The molecule has 0 aromatic heterocycles. The molecule has 2 aromatic carbocycles. The van der Waals surface area contributed by atoms with Crippen molar-refractivity contribution in [1.82, 2.24) is 4.90 Å². The van der Waals surface area contributed by atoms with Crippen LogP contribution in [0.15, 0.2) is 53.5 Å². The Balaban J connectivity index is 2.22. The lowest BCUT2D eigenvalue weighted by Crippen LogP contribution is -2.31. The number of nitro groups is 1. The topological polar surface area (TPSA) is 79.0 Å². The van der Waals surface area contributed by atoms with Gasteiger partial charge in [-0.2, -0.15) is 0 Å². The summed E-state index contributed by atoms with van der Waals surface area (Å²) < 4.78 is 0. The summed E-state index contributed by atoms with van der Waals surface area (Å²) in [5.74, 6) is 0.418. The summed E-state index contributed by atoms with van der Waals surface area (Å²) in [7, 11) is 3.63. The average Bonchev–Trinajstić information content (AvgIpc) is 2.70. The standard InChI is InChI=1S/C17H16N4O3/c1-19(2)16-11-17(22)20(12-6-4-3-5-7-12)15-10-13(21(23)24)8-9-14(15)18-16/h3-10H,11H2,1-2H3. The van der Waals surface area contributed by atoms with E-state index in [1.165, 1.54) is 17.0 Å². The van der Waals surface area contributed by atoms with E-state index in [0.29, 0.717) is 22.9 Å². The molecule has 0 atom stereocenters. The Labute approximate surface area is 139 Å². The van der Waals surface area contributed by atoms with Gasteiger partial charge in [-0.25, -0.2) is 4.99 Å². The lowest BCUT2D eigenvalue weighted by molar-refractivity contribution is -0.384. The number of fused-ring (bicyclic) bond motifs is 1. The van der Waals surface area contributed by atoms with E-state index in [1.807, 2.05) is 32.3 Å². The molecule has 24 heavy (non-hydrogen) atoms. The van der Waals surface area contributed by atoms with Crippen LogP contribution in [0.3, 0.4) is 0 Å². The van der Waals surface area contributed by atoms with Gasteiger partial charge in [0.05, 0.1) is 22.7 Å². The maximum absolute atomic E-state index is 12.8. The summed E-state index contributed by atoms with van der Waals surface area (Å²) in [4.78, 5) is 31.3. The molecule has 0 N–H and O–H groups in total. The number of benzene rings is 2. The smallest absolute Gasteiger partial charge is 0.271 e. The van der Waals surface area contributed by atoms with Crippen LogP contribution in [0.4, 0.5) is 22.7 Å². The molecule has 1 heterocycles. The van der Waals surface area contributed by atoms with Crippen LogP contribution in [0.5, 0.6) is 0 Å². The lowest BCUT2D eigenvalue weighted by atomic mass is 10.2. The molecule has 0 bridgehead atoms. The zero-order valence-corrected chi connectivity index (χ0v) is 13.3. The second kappa shape index (κ2) is 6.11. The molecule has 0 unspecified atom stereocenters. The molecule has 0 saturated heterocycles. The van der Waals surface area contributed by atoms with Crippen molar-refractivity contribution in [2.24, 2.45) is 4.99 Å². The zero-order valence-electron chi connectivity index (χ0n) is 13.3. The van der Waals surface area contributed by atoms with Gasteiger partial charge in [-0.1, -0.05) is 18.2 Å². The van der Waals surface area contributed by atoms with Gasteiger partial charge >= 0.3 is 0 Å². The minimum atomic E-state index is -0.477. The highest BCUT2D eigenvalue weighted by Crippen LogP contribution is 2.39. The summed E-state index contributed by atoms with van der Waals surface area (Å²) >= 11 is 0. The summed E-state index contributed by atoms with van der Waals surface area (Å²) in [6, 6.07) is 13.4. The molecule has 0 radical (unpaired) electrons. The maximum Gasteiger partial charge on any atom is 0.271 e. The van der Waals surface area contributed by atoms with E-state index in [4.69, 9.17) is 0 Å². The van der Waals surface area contributed by atoms with Crippen LogP contribution in [0.1, 0.15) is 6.42 Å². The fourth-order valence-electron chi connectivity index (χ4n) is 2.54. The van der Waals surface area contributed by atoms with Gasteiger partial charge in [-0.05, 0) is 18.2 Å². The highest BCUT2D eigenvalue weighted by atomic mass is 16.6. The van der Waals surface area contributed by atoms with Gasteiger partial charge in [0.2, 0.25) is 5.91 Å². The Morgan fingerprint density at radius 2 is 1.88 bits per heavy atom. The third-order valence-corrected chi connectivity index (χ3v) is 3.75. The van der Waals surface area contributed by atoms with Crippen LogP contribution in [0.25, 0.3) is 0 Å². The van der Waals surface area contributed by atoms with Gasteiger partial charge in [0.25, 0.3) is 5.69 Å². The van der Waals surface area contributed by atoms with Crippen molar-refractivity contribution in [1.29, 1.82) is 0 Å². The SMILES string of the molecule is CN(C)C1=Nc2ccc([N+](=O)[O-])cc2N(c2ccccc2)C(=O)C1. The van der Waals surface area contributed by atoms with Crippen LogP contribution in [0, 0.1) is 10.1 Å². The number of anilines is 2. The molecular formula is C17H16N4O3. The Hall–Kier alpha value is -3.22. The van der Waals surface area contributed by atoms with Crippen molar-refractivity contribution in [2.45, 2.75) is 6.42 Å². The molecule has 7 nitrogen and oxygen atoms in total. The van der Waals surface area contributed by atoms with Gasteiger partial charge in [0.15, 0.2) is 0 Å². The number of nitro benzene ring substituents is 1. The normalized spacial score (nSPS) is 13.8. The molecule has 122 valence electrons. The van der Waals surface area contributed by atoms with Gasteiger partial charge in [0.1, 0.15) is 5.84 Å². The number of amidine groups is 1. The van der Waals surface area contributed by atoms with Crippen molar-refractivity contribution in [3.63, 3.8) is 0 Å². The second-order valence-corrected chi connectivity index (χ2v) is 5.59. The number of non-ortho nitro benzene ring substituents is 1. The molecule has 2 aromatic rings.